The molecule has 1 aromatic rings. The molecule has 0 fully saturated rings. The number of ether oxygens (including phenoxy) is 1. The van der Waals surface area contributed by atoms with Crippen molar-refractivity contribution in [2.24, 2.45) is 0 Å². The van der Waals surface area contributed by atoms with Gasteiger partial charge in [-0.3, -0.25) is 9.78 Å². The van der Waals surface area contributed by atoms with Gasteiger partial charge in [-0.2, -0.15) is 0 Å². The molecule has 0 aliphatic heterocycles. The number of aromatic nitrogens is 1. The first-order valence-electron chi connectivity index (χ1n) is 6.77. The number of rotatable bonds is 5. The molecule has 0 atom stereocenters. The van der Waals surface area contributed by atoms with Crippen molar-refractivity contribution < 1.29 is 9.53 Å². The van der Waals surface area contributed by atoms with E-state index in [1.54, 1.807) is 6.20 Å². The van der Waals surface area contributed by atoms with E-state index in [-0.39, 0.29) is 5.97 Å². The first-order valence-corrected chi connectivity index (χ1v) is 6.77. The van der Waals surface area contributed by atoms with Crippen molar-refractivity contribution in [2.45, 2.75) is 39.2 Å². The van der Waals surface area contributed by atoms with Crippen LogP contribution >= 0.6 is 0 Å². The third-order valence-electron chi connectivity index (χ3n) is 2.97. The van der Waals surface area contributed by atoms with Gasteiger partial charge in [0.2, 0.25) is 0 Å². The lowest BCUT2D eigenvalue weighted by atomic mass is 10.0. The van der Waals surface area contributed by atoms with Crippen LogP contribution in [0.3, 0.4) is 0 Å². The van der Waals surface area contributed by atoms with Gasteiger partial charge in [-0.05, 0) is 30.9 Å². The van der Waals surface area contributed by atoms with Gasteiger partial charge in [0.05, 0.1) is 5.69 Å². The minimum absolute atomic E-state index is 0.149. The third kappa shape index (κ3) is 4.05. The summed E-state index contributed by atoms with van der Waals surface area (Å²) >= 11 is 0. The molecule has 19 heavy (non-hydrogen) atoms. The monoisotopic (exact) mass is 257 g/mol. The van der Waals surface area contributed by atoms with Crippen molar-refractivity contribution in [1.29, 1.82) is 0 Å². The van der Waals surface area contributed by atoms with Crippen LogP contribution in [-0.4, -0.2) is 11.0 Å². The number of hydrogen-bond donors (Lipinski definition) is 0. The Balaban J connectivity index is 1.93. The topological polar surface area (TPSA) is 39.2 Å². The van der Waals surface area contributed by atoms with Gasteiger partial charge in [0.15, 0.2) is 0 Å². The number of esters is 1. The van der Waals surface area contributed by atoms with Gasteiger partial charge >= 0.3 is 5.97 Å². The molecule has 0 N–H and O–H groups in total. The Morgan fingerprint density at radius 1 is 1.37 bits per heavy atom. The van der Waals surface area contributed by atoms with Gasteiger partial charge in [-0.1, -0.05) is 31.2 Å². The molecule has 0 spiro atoms. The standard InChI is InChI=1S/C16H19NO2/c1-2-6-16(18)19-12-13-9-10-15(17-11-13)14-7-4-3-5-8-14/h4,7-11H,2-3,5-6,12H2,1H3. The summed E-state index contributed by atoms with van der Waals surface area (Å²) in [6.07, 6.45) is 11.7. The van der Waals surface area contributed by atoms with Gasteiger partial charge < -0.3 is 4.74 Å². The van der Waals surface area contributed by atoms with E-state index in [1.807, 2.05) is 19.1 Å². The van der Waals surface area contributed by atoms with E-state index < -0.39 is 0 Å². The fraction of sp³-hybridized carbons (Fsp3) is 0.375. The molecule has 0 aromatic carbocycles. The minimum atomic E-state index is -0.149. The lowest BCUT2D eigenvalue weighted by Crippen LogP contribution is -2.04. The fourth-order valence-corrected chi connectivity index (χ4v) is 1.92. The predicted octanol–water partition coefficient (Wildman–Crippen LogP) is 3.66. The molecule has 100 valence electrons. The van der Waals surface area contributed by atoms with E-state index in [1.165, 1.54) is 5.57 Å². The van der Waals surface area contributed by atoms with Crippen LogP contribution in [0, 0.1) is 0 Å². The highest BCUT2D eigenvalue weighted by molar-refractivity contribution is 5.72. The molecule has 3 nitrogen and oxygen atoms in total. The summed E-state index contributed by atoms with van der Waals surface area (Å²) in [4.78, 5) is 15.7. The predicted molar refractivity (Wildman–Crippen MR) is 75.3 cm³/mol. The lowest BCUT2D eigenvalue weighted by molar-refractivity contribution is -0.144. The van der Waals surface area contributed by atoms with E-state index >= 15 is 0 Å². The molecule has 0 bridgehead atoms. The van der Waals surface area contributed by atoms with Gasteiger partial charge in [0, 0.05) is 18.2 Å². The minimum Gasteiger partial charge on any atom is -0.461 e. The lowest BCUT2D eigenvalue weighted by Gasteiger charge is -2.08. The van der Waals surface area contributed by atoms with Crippen LogP contribution in [0.2, 0.25) is 0 Å². The van der Waals surface area contributed by atoms with Crippen LogP contribution in [0.5, 0.6) is 0 Å². The van der Waals surface area contributed by atoms with Gasteiger partial charge in [-0.25, -0.2) is 0 Å². The van der Waals surface area contributed by atoms with Crippen molar-refractivity contribution in [1.82, 2.24) is 4.98 Å². The molecular weight excluding hydrogens is 238 g/mol. The van der Waals surface area contributed by atoms with Crippen molar-refractivity contribution in [3.63, 3.8) is 0 Å². The van der Waals surface area contributed by atoms with E-state index in [0.29, 0.717) is 13.0 Å². The molecule has 1 aromatic heterocycles. The van der Waals surface area contributed by atoms with Crippen LogP contribution in [0.15, 0.2) is 36.6 Å². The Hall–Kier alpha value is -1.90. The second kappa shape index (κ2) is 6.88. The SMILES string of the molecule is CCCC(=O)OCc1ccc(C2=CCCC=C2)nc1. The molecule has 0 saturated heterocycles. The van der Waals surface area contributed by atoms with Gasteiger partial charge in [-0.15, -0.1) is 0 Å². The molecule has 0 radical (unpaired) electrons. The Morgan fingerprint density at radius 3 is 2.89 bits per heavy atom. The Kier molecular flexibility index (Phi) is 4.90. The molecular formula is C16H19NO2. The molecule has 2 rings (SSSR count). The highest BCUT2D eigenvalue weighted by Crippen LogP contribution is 2.19. The summed E-state index contributed by atoms with van der Waals surface area (Å²) in [7, 11) is 0. The van der Waals surface area contributed by atoms with E-state index in [0.717, 1.165) is 30.5 Å². The second-order valence-electron chi connectivity index (χ2n) is 4.60. The normalized spacial score (nSPS) is 14.1. The average molecular weight is 257 g/mol. The number of carbonyl (C=O) groups excluding carboxylic acids is 1. The van der Waals surface area contributed by atoms with E-state index in [2.05, 4.69) is 23.2 Å². The molecule has 0 unspecified atom stereocenters. The van der Waals surface area contributed by atoms with Gasteiger partial charge in [0.1, 0.15) is 6.61 Å². The molecule has 1 aliphatic carbocycles. The molecule has 3 heteroatoms. The van der Waals surface area contributed by atoms with Crippen LogP contribution in [-0.2, 0) is 16.1 Å². The number of pyridine rings is 1. The summed E-state index contributed by atoms with van der Waals surface area (Å²) in [5, 5.41) is 0. The molecule has 1 heterocycles. The highest BCUT2D eigenvalue weighted by Gasteiger charge is 2.05. The Bertz CT molecular complexity index is 486. The molecule has 1 aliphatic rings. The Morgan fingerprint density at radius 2 is 2.26 bits per heavy atom. The molecule has 0 amide bonds. The van der Waals surface area contributed by atoms with Crippen LogP contribution < -0.4 is 0 Å². The van der Waals surface area contributed by atoms with Crippen molar-refractivity contribution in [3.05, 3.63) is 47.8 Å². The maximum Gasteiger partial charge on any atom is 0.306 e. The quantitative estimate of drug-likeness (QED) is 0.756. The first kappa shape index (κ1) is 13.5. The summed E-state index contributed by atoms with van der Waals surface area (Å²) < 4.78 is 5.15. The number of nitrogens with zero attached hydrogens (tertiary/aromatic N) is 1. The smallest absolute Gasteiger partial charge is 0.306 e. The molecule has 0 saturated carbocycles. The maximum absolute atomic E-state index is 11.3. The summed E-state index contributed by atoms with van der Waals surface area (Å²) in [6, 6.07) is 3.94. The number of carbonyl (C=O) groups is 1. The van der Waals surface area contributed by atoms with Gasteiger partial charge in [0.25, 0.3) is 0 Å². The van der Waals surface area contributed by atoms with E-state index in [9.17, 15) is 4.79 Å². The fourth-order valence-electron chi connectivity index (χ4n) is 1.92. The van der Waals surface area contributed by atoms with Crippen molar-refractivity contribution >= 4 is 11.5 Å². The van der Waals surface area contributed by atoms with E-state index in [4.69, 9.17) is 4.74 Å². The summed E-state index contributed by atoms with van der Waals surface area (Å²) in [5.74, 6) is -0.149. The van der Waals surface area contributed by atoms with Crippen molar-refractivity contribution in [2.75, 3.05) is 0 Å². The zero-order chi connectivity index (χ0) is 13.5. The summed E-state index contributed by atoms with van der Waals surface area (Å²) in [5.41, 5.74) is 3.06. The summed E-state index contributed by atoms with van der Waals surface area (Å²) in [6.45, 7) is 2.27. The van der Waals surface area contributed by atoms with Crippen LogP contribution in [0.4, 0.5) is 0 Å². The zero-order valence-corrected chi connectivity index (χ0v) is 11.3. The largest absolute Gasteiger partial charge is 0.461 e. The second-order valence-corrected chi connectivity index (χ2v) is 4.60. The van der Waals surface area contributed by atoms with Crippen LogP contribution in [0.25, 0.3) is 5.57 Å². The third-order valence-corrected chi connectivity index (χ3v) is 2.97. The number of hydrogen-bond acceptors (Lipinski definition) is 3. The Labute approximate surface area is 114 Å². The number of allylic oxidation sites excluding steroid dienone is 4. The average Bonchev–Trinajstić information content (AvgIpc) is 2.47. The highest BCUT2D eigenvalue weighted by atomic mass is 16.5. The van der Waals surface area contributed by atoms with Crippen LogP contribution in [0.1, 0.15) is 43.9 Å². The maximum atomic E-state index is 11.3. The first-order chi connectivity index (χ1) is 9.29. The van der Waals surface area contributed by atoms with Crippen molar-refractivity contribution in [3.8, 4) is 0 Å². The zero-order valence-electron chi connectivity index (χ0n) is 11.3.